The van der Waals surface area contributed by atoms with Crippen LogP contribution in [-0.4, -0.2) is 39.6 Å². The minimum Gasteiger partial charge on any atom is -0.494 e. The summed E-state index contributed by atoms with van der Waals surface area (Å²) in [5, 5.41) is 3.97. The average molecular weight is 338 g/mol. The molecule has 0 aliphatic rings. The number of rotatable bonds is 6. The van der Waals surface area contributed by atoms with E-state index in [0.29, 0.717) is 23.9 Å². The van der Waals surface area contributed by atoms with Gasteiger partial charge in [-0.05, 0) is 43.3 Å². The predicted octanol–water partition coefficient (Wildman–Crippen LogP) is 2.80. The van der Waals surface area contributed by atoms with Crippen molar-refractivity contribution in [3.8, 4) is 17.1 Å². The summed E-state index contributed by atoms with van der Waals surface area (Å²) in [6.07, 6.45) is 3.15. The molecule has 0 spiro atoms. The van der Waals surface area contributed by atoms with Crippen molar-refractivity contribution in [1.82, 2.24) is 20.0 Å². The van der Waals surface area contributed by atoms with E-state index in [0.717, 1.165) is 11.3 Å². The number of pyridine rings is 1. The summed E-state index contributed by atoms with van der Waals surface area (Å²) in [6, 6.07) is 10.9. The van der Waals surface area contributed by atoms with Gasteiger partial charge in [-0.15, -0.1) is 0 Å². The van der Waals surface area contributed by atoms with Crippen molar-refractivity contribution in [2.75, 3.05) is 13.7 Å². The van der Waals surface area contributed by atoms with Crippen LogP contribution < -0.4 is 4.74 Å². The summed E-state index contributed by atoms with van der Waals surface area (Å²) >= 11 is 0. The Morgan fingerprint density at radius 3 is 2.72 bits per heavy atom. The molecule has 1 aromatic carbocycles. The van der Waals surface area contributed by atoms with Gasteiger partial charge in [-0.3, -0.25) is 9.78 Å². The maximum atomic E-state index is 12.3. The zero-order valence-corrected chi connectivity index (χ0v) is 14.0. The molecule has 1 amide bonds. The average Bonchev–Trinajstić information content (AvgIpc) is 3.11. The number of benzene rings is 1. The summed E-state index contributed by atoms with van der Waals surface area (Å²) in [5.74, 6) is 1.47. The fraction of sp³-hybridized carbons (Fsp3) is 0.222. The number of aromatic nitrogens is 3. The van der Waals surface area contributed by atoms with Gasteiger partial charge in [0.2, 0.25) is 11.7 Å². The lowest BCUT2D eigenvalue weighted by Crippen LogP contribution is -2.26. The third-order valence-corrected chi connectivity index (χ3v) is 3.52. The first-order valence-corrected chi connectivity index (χ1v) is 7.88. The largest absolute Gasteiger partial charge is 0.494 e. The van der Waals surface area contributed by atoms with Gasteiger partial charge >= 0.3 is 0 Å². The lowest BCUT2D eigenvalue weighted by atomic mass is 10.2. The molecular weight excluding hydrogens is 320 g/mol. The molecule has 0 atom stereocenters. The standard InChI is InChI=1S/C18H18N4O3/c1-3-24-15-8-6-13(7-9-15)17-20-16(25-21-17)12-22(2)18(23)14-5-4-10-19-11-14/h4-11H,3,12H2,1-2H3. The van der Waals surface area contributed by atoms with Crippen molar-refractivity contribution >= 4 is 5.91 Å². The second-order valence-electron chi connectivity index (χ2n) is 5.37. The Kier molecular flexibility index (Phi) is 5.03. The van der Waals surface area contributed by atoms with Crippen LogP contribution in [0.25, 0.3) is 11.4 Å². The molecule has 3 aromatic rings. The van der Waals surface area contributed by atoms with Gasteiger partial charge < -0.3 is 14.2 Å². The van der Waals surface area contributed by atoms with E-state index in [-0.39, 0.29) is 12.5 Å². The molecule has 7 heteroatoms. The number of ether oxygens (including phenoxy) is 1. The van der Waals surface area contributed by atoms with Gasteiger partial charge in [0.1, 0.15) is 5.75 Å². The molecule has 0 N–H and O–H groups in total. The first kappa shape index (κ1) is 16.6. The molecule has 25 heavy (non-hydrogen) atoms. The summed E-state index contributed by atoms with van der Waals surface area (Å²) in [7, 11) is 1.68. The Balaban J connectivity index is 1.68. The number of carbonyl (C=O) groups is 1. The molecule has 0 aliphatic heterocycles. The van der Waals surface area contributed by atoms with Gasteiger partial charge in [0, 0.05) is 25.0 Å². The van der Waals surface area contributed by atoms with E-state index < -0.39 is 0 Å². The van der Waals surface area contributed by atoms with Gasteiger partial charge in [-0.2, -0.15) is 4.98 Å². The Labute approximate surface area is 145 Å². The van der Waals surface area contributed by atoms with Crippen molar-refractivity contribution < 1.29 is 14.1 Å². The van der Waals surface area contributed by atoms with Crippen LogP contribution in [0.1, 0.15) is 23.2 Å². The highest BCUT2D eigenvalue weighted by molar-refractivity contribution is 5.93. The lowest BCUT2D eigenvalue weighted by Gasteiger charge is -2.14. The number of nitrogens with zero attached hydrogens (tertiary/aromatic N) is 4. The Morgan fingerprint density at radius 2 is 2.04 bits per heavy atom. The summed E-state index contributed by atoms with van der Waals surface area (Å²) in [6.45, 7) is 2.77. The number of carbonyl (C=O) groups excluding carboxylic acids is 1. The maximum Gasteiger partial charge on any atom is 0.255 e. The molecule has 0 aliphatic carbocycles. The van der Waals surface area contributed by atoms with Gasteiger partial charge in [0.05, 0.1) is 18.7 Å². The van der Waals surface area contributed by atoms with E-state index in [1.807, 2.05) is 31.2 Å². The molecule has 0 saturated carbocycles. The maximum absolute atomic E-state index is 12.3. The molecule has 0 saturated heterocycles. The first-order valence-electron chi connectivity index (χ1n) is 7.88. The van der Waals surface area contributed by atoms with Crippen LogP contribution in [0.3, 0.4) is 0 Å². The Morgan fingerprint density at radius 1 is 1.24 bits per heavy atom. The SMILES string of the molecule is CCOc1ccc(-c2noc(CN(C)C(=O)c3cccnc3)n2)cc1. The van der Waals surface area contributed by atoms with Crippen LogP contribution in [-0.2, 0) is 6.54 Å². The topological polar surface area (TPSA) is 81.4 Å². The molecular formula is C18H18N4O3. The van der Waals surface area contributed by atoms with E-state index in [1.54, 1.807) is 25.4 Å². The predicted molar refractivity (Wildman–Crippen MR) is 90.9 cm³/mol. The van der Waals surface area contributed by atoms with Crippen molar-refractivity contribution in [3.05, 3.63) is 60.2 Å². The normalized spacial score (nSPS) is 10.5. The van der Waals surface area contributed by atoms with Crippen molar-refractivity contribution in [1.29, 1.82) is 0 Å². The monoisotopic (exact) mass is 338 g/mol. The van der Waals surface area contributed by atoms with Crippen LogP contribution in [0.4, 0.5) is 0 Å². The van der Waals surface area contributed by atoms with Gasteiger partial charge in [0.25, 0.3) is 5.91 Å². The third-order valence-electron chi connectivity index (χ3n) is 3.52. The van der Waals surface area contributed by atoms with Gasteiger partial charge in [-0.1, -0.05) is 5.16 Å². The molecule has 2 aromatic heterocycles. The van der Waals surface area contributed by atoms with E-state index in [9.17, 15) is 4.79 Å². The molecule has 0 fully saturated rings. The first-order chi connectivity index (χ1) is 12.2. The molecule has 2 heterocycles. The van der Waals surface area contributed by atoms with Crippen molar-refractivity contribution in [2.45, 2.75) is 13.5 Å². The van der Waals surface area contributed by atoms with Gasteiger partial charge in [-0.25, -0.2) is 0 Å². The second kappa shape index (κ2) is 7.57. The highest BCUT2D eigenvalue weighted by Crippen LogP contribution is 2.20. The van der Waals surface area contributed by atoms with Gasteiger partial charge in [0.15, 0.2) is 0 Å². The minimum atomic E-state index is -0.158. The summed E-state index contributed by atoms with van der Waals surface area (Å²) in [4.78, 5) is 22.1. The van der Waals surface area contributed by atoms with Crippen LogP contribution in [0.15, 0.2) is 53.3 Å². The van der Waals surface area contributed by atoms with Crippen LogP contribution in [0.2, 0.25) is 0 Å². The summed E-state index contributed by atoms with van der Waals surface area (Å²) in [5.41, 5.74) is 1.33. The molecule has 7 nitrogen and oxygen atoms in total. The van der Waals surface area contributed by atoms with Crippen molar-refractivity contribution in [3.63, 3.8) is 0 Å². The quantitative estimate of drug-likeness (QED) is 0.687. The second-order valence-corrected chi connectivity index (χ2v) is 5.37. The van der Waals surface area contributed by atoms with E-state index >= 15 is 0 Å². The third kappa shape index (κ3) is 4.00. The van der Waals surface area contributed by atoms with E-state index in [2.05, 4.69) is 15.1 Å². The van der Waals surface area contributed by atoms with Crippen molar-refractivity contribution in [2.24, 2.45) is 0 Å². The molecule has 0 radical (unpaired) electrons. The van der Waals surface area contributed by atoms with E-state index in [4.69, 9.17) is 9.26 Å². The fourth-order valence-corrected chi connectivity index (χ4v) is 2.29. The minimum absolute atomic E-state index is 0.158. The zero-order chi connectivity index (χ0) is 17.6. The summed E-state index contributed by atoms with van der Waals surface area (Å²) < 4.78 is 10.7. The molecule has 3 rings (SSSR count). The number of hydrogen-bond acceptors (Lipinski definition) is 6. The molecule has 128 valence electrons. The fourth-order valence-electron chi connectivity index (χ4n) is 2.29. The number of amides is 1. The van der Waals surface area contributed by atoms with Crippen LogP contribution in [0.5, 0.6) is 5.75 Å². The Bertz CT molecular complexity index is 831. The molecule has 0 bridgehead atoms. The highest BCUT2D eigenvalue weighted by Gasteiger charge is 2.16. The lowest BCUT2D eigenvalue weighted by molar-refractivity contribution is 0.0769. The van der Waals surface area contributed by atoms with Crippen LogP contribution >= 0.6 is 0 Å². The zero-order valence-electron chi connectivity index (χ0n) is 14.0. The number of hydrogen-bond donors (Lipinski definition) is 0. The molecule has 0 unspecified atom stereocenters. The van der Waals surface area contributed by atoms with E-state index in [1.165, 1.54) is 11.1 Å². The highest BCUT2D eigenvalue weighted by atomic mass is 16.5. The smallest absolute Gasteiger partial charge is 0.255 e. The Hall–Kier alpha value is -3.22. The van der Waals surface area contributed by atoms with Crippen LogP contribution in [0, 0.1) is 0 Å².